The fourth-order valence-electron chi connectivity index (χ4n) is 3.21. The van der Waals surface area contributed by atoms with Crippen molar-refractivity contribution in [1.29, 1.82) is 0 Å². The number of amides is 1. The van der Waals surface area contributed by atoms with Crippen LogP contribution in [0.1, 0.15) is 57.9 Å². The summed E-state index contributed by atoms with van der Waals surface area (Å²) in [6, 6.07) is 9.87. The van der Waals surface area contributed by atoms with E-state index >= 15 is 0 Å². The maximum atomic E-state index is 12.4. The van der Waals surface area contributed by atoms with Crippen LogP contribution in [-0.4, -0.2) is 29.8 Å². The fraction of sp³-hybridized carbons (Fsp3) is 0.619. The third-order valence-electron chi connectivity index (χ3n) is 4.85. The van der Waals surface area contributed by atoms with Gasteiger partial charge in [0.2, 0.25) is 0 Å². The molecule has 27 heavy (non-hydrogen) atoms. The summed E-state index contributed by atoms with van der Waals surface area (Å²) in [4.78, 5) is 24.4. The molecule has 0 spiro atoms. The summed E-state index contributed by atoms with van der Waals surface area (Å²) in [5, 5.41) is 2.74. The Hall–Kier alpha value is -1.75. The zero-order chi connectivity index (χ0) is 19.7. The number of hydrogen-bond donors (Lipinski definition) is 1. The zero-order valence-electron chi connectivity index (χ0n) is 16.2. The molecule has 0 radical (unpaired) electrons. The highest BCUT2D eigenvalue weighted by molar-refractivity contribution is 6.20. The number of carbonyl (C=O) groups excluding carboxylic acids is 2. The summed E-state index contributed by atoms with van der Waals surface area (Å²) in [5.74, 6) is -0.204. The van der Waals surface area contributed by atoms with Crippen molar-refractivity contribution in [2.75, 3.05) is 6.54 Å². The van der Waals surface area contributed by atoms with Crippen LogP contribution in [0.5, 0.6) is 0 Å². The number of esters is 1. The van der Waals surface area contributed by atoms with Gasteiger partial charge >= 0.3 is 12.1 Å². The summed E-state index contributed by atoms with van der Waals surface area (Å²) in [6.07, 6.45) is 4.97. The predicted molar refractivity (Wildman–Crippen MR) is 106 cm³/mol. The van der Waals surface area contributed by atoms with Crippen molar-refractivity contribution in [1.82, 2.24) is 5.32 Å². The maximum absolute atomic E-state index is 12.4. The molecule has 0 aliphatic heterocycles. The summed E-state index contributed by atoms with van der Waals surface area (Å²) in [6.45, 7) is 4.01. The number of halogens is 1. The molecule has 0 aromatic heterocycles. The molecular formula is C21H30ClNO4. The summed E-state index contributed by atoms with van der Waals surface area (Å²) < 4.78 is 11.0. The molecule has 5 nitrogen and oxygen atoms in total. The van der Waals surface area contributed by atoms with Gasteiger partial charge in [-0.05, 0) is 37.7 Å². The minimum absolute atomic E-state index is 0.0249. The first-order chi connectivity index (χ1) is 12.9. The summed E-state index contributed by atoms with van der Waals surface area (Å²) >= 11 is 5.98. The lowest BCUT2D eigenvalue weighted by Crippen LogP contribution is -2.48. The number of nitrogens with one attached hydrogen (secondary N) is 1. The zero-order valence-corrected chi connectivity index (χ0v) is 17.0. The molecule has 1 aliphatic carbocycles. The molecule has 6 heteroatoms. The molecule has 2 rings (SSSR count). The number of hydrogen-bond acceptors (Lipinski definition) is 4. The molecule has 0 bridgehead atoms. The van der Waals surface area contributed by atoms with E-state index in [4.69, 9.17) is 21.1 Å². The van der Waals surface area contributed by atoms with Crippen molar-refractivity contribution in [3.63, 3.8) is 0 Å². The van der Waals surface area contributed by atoms with Crippen molar-refractivity contribution >= 4 is 23.7 Å². The molecule has 1 aromatic carbocycles. The van der Waals surface area contributed by atoms with E-state index in [9.17, 15) is 9.59 Å². The molecule has 150 valence electrons. The van der Waals surface area contributed by atoms with Gasteiger partial charge in [-0.2, -0.15) is 0 Å². The fourth-order valence-corrected chi connectivity index (χ4v) is 3.29. The molecule has 1 unspecified atom stereocenters. The average Bonchev–Trinajstić information content (AvgIpc) is 2.66. The molecule has 1 atom stereocenters. The molecule has 0 heterocycles. The lowest BCUT2D eigenvalue weighted by atomic mass is 9.84. The second kappa shape index (κ2) is 10.5. The lowest BCUT2D eigenvalue weighted by Gasteiger charge is -2.37. The highest BCUT2D eigenvalue weighted by atomic mass is 35.5. The second-order valence-corrected chi connectivity index (χ2v) is 7.99. The second-order valence-electron chi connectivity index (χ2n) is 7.56. The van der Waals surface area contributed by atoms with Crippen molar-refractivity contribution in [3.8, 4) is 0 Å². The first kappa shape index (κ1) is 21.5. The number of carbonyl (C=O) groups is 2. The third kappa shape index (κ3) is 7.41. The minimum Gasteiger partial charge on any atom is -0.457 e. The van der Waals surface area contributed by atoms with Gasteiger partial charge in [0, 0.05) is 12.3 Å². The Morgan fingerprint density at radius 1 is 1.15 bits per heavy atom. The molecule has 0 saturated heterocycles. The first-order valence-electron chi connectivity index (χ1n) is 9.74. The Morgan fingerprint density at radius 2 is 1.81 bits per heavy atom. The summed E-state index contributed by atoms with van der Waals surface area (Å²) in [5.41, 5.74) is -0.221. The van der Waals surface area contributed by atoms with Gasteiger partial charge in [0.05, 0.1) is 6.54 Å². The van der Waals surface area contributed by atoms with Crippen LogP contribution < -0.4 is 5.32 Å². The van der Waals surface area contributed by atoms with Crippen molar-refractivity contribution in [3.05, 3.63) is 35.9 Å². The monoisotopic (exact) mass is 395 g/mol. The molecule has 1 saturated carbocycles. The van der Waals surface area contributed by atoms with Crippen LogP contribution in [0.15, 0.2) is 30.3 Å². The van der Waals surface area contributed by atoms with Gasteiger partial charge in [0.15, 0.2) is 5.56 Å². The van der Waals surface area contributed by atoms with E-state index < -0.39 is 17.3 Å². The Labute approximate surface area is 166 Å². The highest BCUT2D eigenvalue weighted by Gasteiger charge is 2.36. The third-order valence-corrected chi connectivity index (χ3v) is 5.45. The van der Waals surface area contributed by atoms with Gasteiger partial charge in [-0.3, -0.25) is 4.79 Å². The maximum Gasteiger partial charge on any atom is 0.408 e. The quantitative estimate of drug-likeness (QED) is 0.506. The van der Waals surface area contributed by atoms with Crippen molar-refractivity contribution in [2.24, 2.45) is 5.92 Å². The Morgan fingerprint density at radius 3 is 2.44 bits per heavy atom. The van der Waals surface area contributed by atoms with Crippen molar-refractivity contribution in [2.45, 2.75) is 70.0 Å². The molecule has 1 fully saturated rings. The molecule has 1 aliphatic rings. The molecule has 1 amide bonds. The van der Waals surface area contributed by atoms with Gasteiger partial charge in [-0.25, -0.2) is 4.79 Å². The number of alkyl carbamates (subject to hydrolysis) is 1. The highest BCUT2D eigenvalue weighted by Crippen LogP contribution is 2.32. The topological polar surface area (TPSA) is 64.6 Å². The van der Waals surface area contributed by atoms with Gasteiger partial charge in [-0.15, -0.1) is 0 Å². The SMILES string of the molecule is CC(C)C(Cl)OC(=O)NCC1(OC(=O)CCc2ccccc2)CCCCC1. The molecule has 1 aromatic rings. The van der Waals surface area contributed by atoms with Gasteiger partial charge in [0.1, 0.15) is 5.60 Å². The van der Waals surface area contributed by atoms with E-state index in [1.807, 2.05) is 44.2 Å². The van der Waals surface area contributed by atoms with E-state index in [1.165, 1.54) is 0 Å². The van der Waals surface area contributed by atoms with Crippen LogP contribution in [0.25, 0.3) is 0 Å². The van der Waals surface area contributed by atoms with Crippen LogP contribution in [-0.2, 0) is 20.7 Å². The normalized spacial score (nSPS) is 17.2. The predicted octanol–water partition coefficient (Wildman–Crippen LogP) is 4.81. The van der Waals surface area contributed by atoms with Gasteiger partial charge < -0.3 is 14.8 Å². The molecular weight excluding hydrogens is 366 g/mol. The van der Waals surface area contributed by atoms with Gasteiger partial charge in [0.25, 0.3) is 0 Å². The Kier molecular flexibility index (Phi) is 8.42. The Bertz CT molecular complexity index is 599. The number of ether oxygens (including phenoxy) is 2. The lowest BCUT2D eigenvalue weighted by molar-refractivity contribution is -0.162. The van der Waals surface area contributed by atoms with E-state index in [-0.39, 0.29) is 18.4 Å². The number of benzene rings is 1. The minimum atomic E-state index is -0.680. The van der Waals surface area contributed by atoms with Crippen LogP contribution in [0.4, 0.5) is 4.79 Å². The van der Waals surface area contributed by atoms with Crippen LogP contribution in [0.3, 0.4) is 0 Å². The number of alkyl halides is 1. The number of rotatable bonds is 8. The smallest absolute Gasteiger partial charge is 0.408 e. The average molecular weight is 396 g/mol. The number of aryl methyl sites for hydroxylation is 1. The largest absolute Gasteiger partial charge is 0.457 e. The van der Waals surface area contributed by atoms with Gasteiger partial charge in [-0.1, -0.05) is 62.2 Å². The summed E-state index contributed by atoms with van der Waals surface area (Å²) in [7, 11) is 0. The van der Waals surface area contributed by atoms with E-state index in [1.54, 1.807) is 0 Å². The van der Waals surface area contributed by atoms with E-state index in [0.717, 1.165) is 37.7 Å². The van der Waals surface area contributed by atoms with Crippen LogP contribution in [0, 0.1) is 5.92 Å². The van der Waals surface area contributed by atoms with Crippen molar-refractivity contribution < 1.29 is 19.1 Å². The first-order valence-corrected chi connectivity index (χ1v) is 10.2. The van der Waals surface area contributed by atoms with Crippen LogP contribution >= 0.6 is 11.6 Å². The Balaban J connectivity index is 1.87. The standard InChI is InChI=1S/C21H30ClNO4/c1-16(2)19(22)26-20(25)23-15-21(13-7-4-8-14-21)27-18(24)12-11-17-9-5-3-6-10-17/h3,5-6,9-10,16,19H,4,7-8,11-15H2,1-2H3,(H,23,25). The van der Waals surface area contributed by atoms with Crippen LogP contribution in [0.2, 0.25) is 0 Å². The van der Waals surface area contributed by atoms with E-state index in [0.29, 0.717) is 12.8 Å². The van der Waals surface area contributed by atoms with E-state index in [2.05, 4.69) is 5.32 Å². The molecule has 1 N–H and O–H groups in total.